The van der Waals surface area contributed by atoms with Crippen LogP contribution in [0.4, 0.5) is 10.5 Å². The molecule has 1 aromatic heterocycles. The Morgan fingerprint density at radius 3 is 3.00 bits per heavy atom. The van der Waals surface area contributed by atoms with Crippen molar-refractivity contribution < 1.29 is 9.53 Å². The molecule has 0 saturated heterocycles. The van der Waals surface area contributed by atoms with Crippen molar-refractivity contribution in [3.05, 3.63) is 16.9 Å². The van der Waals surface area contributed by atoms with Crippen molar-refractivity contribution in [2.24, 2.45) is 0 Å². The molecule has 5 nitrogen and oxygen atoms in total. The number of anilines is 1. The van der Waals surface area contributed by atoms with Crippen LogP contribution in [0.25, 0.3) is 0 Å². The van der Waals surface area contributed by atoms with Crippen molar-refractivity contribution in [1.29, 1.82) is 0 Å². The number of rotatable bonds is 2. The van der Waals surface area contributed by atoms with Gasteiger partial charge in [0, 0.05) is 0 Å². The molecule has 1 aromatic rings. The molecule has 1 N–H and O–H groups in total. The van der Waals surface area contributed by atoms with E-state index >= 15 is 0 Å². The van der Waals surface area contributed by atoms with Crippen molar-refractivity contribution in [2.45, 2.75) is 13.8 Å². The highest BCUT2D eigenvalue weighted by molar-refractivity contribution is 6.32. The number of carbonyl (C=O) groups is 1. The number of amides is 1. The predicted molar refractivity (Wildman–Crippen MR) is 52.4 cm³/mol. The zero-order chi connectivity index (χ0) is 10.6. The Balaban J connectivity index is 2.75. The van der Waals surface area contributed by atoms with Gasteiger partial charge in [-0.1, -0.05) is 11.6 Å². The number of hydrogen-bond donors (Lipinski definition) is 1. The maximum absolute atomic E-state index is 11.0. The van der Waals surface area contributed by atoms with Gasteiger partial charge in [0.25, 0.3) is 0 Å². The van der Waals surface area contributed by atoms with Gasteiger partial charge >= 0.3 is 6.09 Å². The lowest BCUT2D eigenvalue weighted by Crippen LogP contribution is -2.14. The third-order valence-electron chi connectivity index (χ3n) is 1.38. The van der Waals surface area contributed by atoms with E-state index in [9.17, 15) is 4.79 Å². The van der Waals surface area contributed by atoms with E-state index in [1.165, 1.54) is 0 Å². The van der Waals surface area contributed by atoms with Crippen LogP contribution in [0.5, 0.6) is 0 Å². The first kappa shape index (κ1) is 10.7. The van der Waals surface area contributed by atoms with Crippen LogP contribution >= 0.6 is 11.6 Å². The van der Waals surface area contributed by atoms with Crippen LogP contribution in [-0.2, 0) is 4.74 Å². The van der Waals surface area contributed by atoms with E-state index in [2.05, 4.69) is 20.3 Å². The molecular weight excluding hydrogens is 206 g/mol. The molecule has 0 bridgehead atoms. The van der Waals surface area contributed by atoms with Crippen molar-refractivity contribution in [2.75, 3.05) is 11.9 Å². The number of aromatic nitrogens is 2. The SMILES string of the molecule is CCOC(=O)Nc1cc(C)nnc1Cl. The van der Waals surface area contributed by atoms with E-state index in [1.54, 1.807) is 19.9 Å². The Morgan fingerprint density at radius 1 is 1.64 bits per heavy atom. The van der Waals surface area contributed by atoms with Crippen LogP contribution in [-0.4, -0.2) is 22.9 Å². The fraction of sp³-hybridized carbons (Fsp3) is 0.375. The molecule has 76 valence electrons. The minimum absolute atomic E-state index is 0.142. The summed E-state index contributed by atoms with van der Waals surface area (Å²) in [5, 5.41) is 9.95. The van der Waals surface area contributed by atoms with Crippen LogP contribution in [0, 0.1) is 6.92 Å². The number of carbonyl (C=O) groups excluding carboxylic acids is 1. The molecule has 0 radical (unpaired) electrons. The predicted octanol–water partition coefficient (Wildman–Crippen LogP) is 2.01. The highest BCUT2D eigenvalue weighted by Crippen LogP contribution is 2.18. The fourth-order valence-electron chi connectivity index (χ4n) is 0.839. The Morgan fingerprint density at radius 2 is 2.36 bits per heavy atom. The second-order valence-corrected chi connectivity index (χ2v) is 2.89. The summed E-state index contributed by atoms with van der Waals surface area (Å²) < 4.78 is 4.68. The van der Waals surface area contributed by atoms with Crippen molar-refractivity contribution in [3.8, 4) is 0 Å². The second-order valence-electron chi connectivity index (χ2n) is 2.54. The summed E-state index contributed by atoms with van der Waals surface area (Å²) in [6.07, 6.45) is -0.554. The van der Waals surface area contributed by atoms with Gasteiger partial charge in [0.1, 0.15) is 0 Å². The normalized spacial score (nSPS) is 9.64. The van der Waals surface area contributed by atoms with Crippen molar-refractivity contribution in [3.63, 3.8) is 0 Å². The topological polar surface area (TPSA) is 64.1 Å². The standard InChI is InChI=1S/C8H10ClN3O2/c1-3-14-8(13)10-6-4-5(2)11-12-7(6)9/h4H,3H2,1-2H3,(H,10,11,13). The van der Waals surface area contributed by atoms with E-state index in [-0.39, 0.29) is 5.15 Å². The van der Waals surface area contributed by atoms with E-state index in [1.807, 2.05) is 0 Å². The number of nitrogens with one attached hydrogen (secondary N) is 1. The summed E-state index contributed by atoms with van der Waals surface area (Å²) in [6.45, 7) is 3.78. The molecule has 1 rings (SSSR count). The molecule has 14 heavy (non-hydrogen) atoms. The summed E-state index contributed by atoms with van der Waals surface area (Å²) in [5.74, 6) is 0. The lowest BCUT2D eigenvalue weighted by molar-refractivity contribution is 0.168. The van der Waals surface area contributed by atoms with E-state index in [0.717, 1.165) is 0 Å². The Kier molecular flexibility index (Phi) is 3.64. The van der Waals surface area contributed by atoms with E-state index < -0.39 is 6.09 Å². The second kappa shape index (κ2) is 4.76. The van der Waals surface area contributed by atoms with Gasteiger partial charge in [-0.25, -0.2) is 4.79 Å². The summed E-state index contributed by atoms with van der Waals surface area (Å²) in [4.78, 5) is 11.0. The minimum atomic E-state index is -0.554. The van der Waals surface area contributed by atoms with Gasteiger partial charge < -0.3 is 4.74 Å². The van der Waals surface area contributed by atoms with Gasteiger partial charge in [0.15, 0.2) is 5.15 Å². The Labute approximate surface area is 86.4 Å². The van der Waals surface area contributed by atoms with Crippen LogP contribution in [0.1, 0.15) is 12.6 Å². The molecule has 1 heterocycles. The lowest BCUT2D eigenvalue weighted by Gasteiger charge is -2.05. The number of ether oxygens (including phenoxy) is 1. The number of halogens is 1. The van der Waals surface area contributed by atoms with Gasteiger partial charge in [0.05, 0.1) is 18.0 Å². The fourth-order valence-corrected chi connectivity index (χ4v) is 0.978. The molecule has 1 amide bonds. The molecule has 0 saturated carbocycles. The monoisotopic (exact) mass is 215 g/mol. The van der Waals surface area contributed by atoms with Gasteiger partial charge in [-0.05, 0) is 19.9 Å². The number of aryl methyl sites for hydroxylation is 1. The zero-order valence-electron chi connectivity index (χ0n) is 7.87. The first-order valence-electron chi connectivity index (χ1n) is 4.07. The van der Waals surface area contributed by atoms with Crippen LogP contribution in [0.2, 0.25) is 5.15 Å². The number of nitrogens with zero attached hydrogens (tertiary/aromatic N) is 2. The molecule has 0 spiro atoms. The highest BCUT2D eigenvalue weighted by Gasteiger charge is 2.07. The minimum Gasteiger partial charge on any atom is -0.450 e. The highest BCUT2D eigenvalue weighted by atomic mass is 35.5. The molecule has 0 aliphatic heterocycles. The largest absolute Gasteiger partial charge is 0.450 e. The third kappa shape index (κ3) is 2.85. The molecule has 6 heteroatoms. The zero-order valence-corrected chi connectivity index (χ0v) is 8.63. The number of hydrogen-bond acceptors (Lipinski definition) is 4. The summed E-state index contributed by atoms with van der Waals surface area (Å²) in [5.41, 5.74) is 1.07. The quantitative estimate of drug-likeness (QED) is 0.820. The van der Waals surface area contributed by atoms with Crippen LogP contribution < -0.4 is 5.32 Å². The van der Waals surface area contributed by atoms with Crippen LogP contribution in [0.15, 0.2) is 6.07 Å². The summed E-state index contributed by atoms with van der Waals surface area (Å²) in [7, 11) is 0. The van der Waals surface area contributed by atoms with Gasteiger partial charge in [-0.3, -0.25) is 5.32 Å². The van der Waals surface area contributed by atoms with Gasteiger partial charge in [0.2, 0.25) is 0 Å². The van der Waals surface area contributed by atoms with Crippen molar-refractivity contribution >= 4 is 23.4 Å². The molecule has 0 aliphatic carbocycles. The third-order valence-corrected chi connectivity index (χ3v) is 1.66. The average Bonchev–Trinajstić information content (AvgIpc) is 2.12. The first-order valence-corrected chi connectivity index (χ1v) is 4.45. The molecular formula is C8H10ClN3O2. The van der Waals surface area contributed by atoms with Gasteiger partial charge in [-0.15, -0.1) is 5.10 Å². The summed E-state index contributed by atoms with van der Waals surface area (Å²) in [6, 6.07) is 1.62. The average molecular weight is 216 g/mol. The van der Waals surface area contributed by atoms with E-state index in [0.29, 0.717) is 18.0 Å². The molecule has 0 unspecified atom stereocenters. The van der Waals surface area contributed by atoms with Crippen LogP contribution in [0.3, 0.4) is 0 Å². The Hall–Kier alpha value is -1.36. The maximum Gasteiger partial charge on any atom is 0.411 e. The van der Waals surface area contributed by atoms with Gasteiger partial charge in [-0.2, -0.15) is 5.10 Å². The van der Waals surface area contributed by atoms with Crippen molar-refractivity contribution in [1.82, 2.24) is 10.2 Å². The maximum atomic E-state index is 11.0. The smallest absolute Gasteiger partial charge is 0.411 e. The molecule has 0 aromatic carbocycles. The molecule has 0 aliphatic rings. The first-order chi connectivity index (χ1) is 6.63. The van der Waals surface area contributed by atoms with E-state index in [4.69, 9.17) is 11.6 Å². The Bertz CT molecular complexity index is 343. The lowest BCUT2D eigenvalue weighted by atomic mass is 10.4. The summed E-state index contributed by atoms with van der Waals surface area (Å²) >= 11 is 5.70. The molecule has 0 fully saturated rings. The molecule has 0 atom stereocenters.